The number of aliphatic hydroxyl groups is 3. The molecular formula is C8H21O7P. The summed E-state index contributed by atoms with van der Waals surface area (Å²) in [5.41, 5.74) is 0. The molecule has 0 fully saturated rings. The van der Waals surface area contributed by atoms with E-state index in [2.05, 4.69) is 0 Å². The summed E-state index contributed by atoms with van der Waals surface area (Å²) in [5, 5.41) is 25.8. The Morgan fingerprint density at radius 2 is 1.31 bits per heavy atom. The second-order valence-corrected chi connectivity index (χ2v) is 4.34. The number of hydrogen-bond acceptors (Lipinski definition) is 4. The summed E-state index contributed by atoms with van der Waals surface area (Å²) < 4.78 is 8.88. The van der Waals surface area contributed by atoms with E-state index in [0.717, 1.165) is 25.7 Å². The van der Waals surface area contributed by atoms with Crippen LogP contribution >= 0.6 is 7.82 Å². The summed E-state index contributed by atoms with van der Waals surface area (Å²) >= 11 is 0. The van der Waals surface area contributed by atoms with Gasteiger partial charge < -0.3 is 30.0 Å². The van der Waals surface area contributed by atoms with E-state index in [1.807, 2.05) is 0 Å². The van der Waals surface area contributed by atoms with Crippen LogP contribution in [0.3, 0.4) is 0 Å². The third kappa shape index (κ3) is 23.7. The Bertz CT molecular complexity index is 169. The maximum Gasteiger partial charge on any atom is 0.466 e. The van der Waals surface area contributed by atoms with Crippen LogP contribution in [0.5, 0.6) is 0 Å². The van der Waals surface area contributed by atoms with Crippen LogP contribution in [0.4, 0.5) is 0 Å². The predicted molar refractivity (Wildman–Crippen MR) is 57.5 cm³/mol. The van der Waals surface area contributed by atoms with Crippen molar-refractivity contribution in [1.29, 1.82) is 0 Å². The van der Waals surface area contributed by atoms with Gasteiger partial charge in [-0.05, 0) is 12.8 Å². The van der Waals surface area contributed by atoms with Crippen molar-refractivity contribution in [3.05, 3.63) is 0 Å². The molecule has 100 valence electrons. The monoisotopic (exact) mass is 260 g/mol. The minimum atomic E-state index is -4.64. The van der Waals surface area contributed by atoms with Gasteiger partial charge in [0.25, 0.3) is 0 Å². The van der Waals surface area contributed by atoms with Crippen LogP contribution < -0.4 is 0 Å². The first-order valence-electron chi connectivity index (χ1n) is 4.96. The van der Waals surface area contributed by atoms with Crippen LogP contribution in [-0.4, -0.2) is 49.8 Å². The third-order valence-corrected chi connectivity index (χ3v) is 1.79. The number of aliphatic hydroxyl groups excluding tert-OH is 3. The van der Waals surface area contributed by atoms with E-state index in [1.165, 1.54) is 0 Å². The summed E-state index contributed by atoms with van der Waals surface area (Å²) in [7, 11) is -4.64. The van der Waals surface area contributed by atoms with E-state index in [0.29, 0.717) is 0 Å². The highest BCUT2D eigenvalue weighted by atomic mass is 31.2. The number of rotatable bonds is 7. The second kappa shape index (κ2) is 11.5. The van der Waals surface area contributed by atoms with Crippen molar-refractivity contribution in [2.45, 2.75) is 25.7 Å². The van der Waals surface area contributed by atoms with Gasteiger partial charge in [-0.2, -0.15) is 0 Å². The molecule has 8 heteroatoms. The summed E-state index contributed by atoms with van der Waals surface area (Å²) in [4.78, 5) is 21.6. The summed E-state index contributed by atoms with van der Waals surface area (Å²) in [5.74, 6) is 0.0358. The Labute approximate surface area is 94.6 Å². The first kappa shape index (κ1) is 18.4. The lowest BCUT2D eigenvalue weighted by Gasteiger charge is -2.09. The van der Waals surface area contributed by atoms with Gasteiger partial charge in [-0.25, -0.2) is 4.57 Å². The molecule has 0 aliphatic heterocycles. The highest BCUT2D eigenvalue weighted by molar-refractivity contribution is 7.45. The van der Waals surface area contributed by atoms with Crippen molar-refractivity contribution in [1.82, 2.24) is 0 Å². The average molecular weight is 260 g/mol. The Kier molecular flexibility index (Phi) is 13.2. The maximum absolute atomic E-state index is 8.88. The standard InChI is InChI=1S/C8H18O3.H3O4P/c9-5-3-1-2-4-8(6-10)7-11;1-5(2,3)4/h8-11H,1-7H2;(H3,1,2,3,4). The Hall–Kier alpha value is -0.0100. The normalized spacial score (nSPS) is 11.2. The highest BCUT2D eigenvalue weighted by Crippen LogP contribution is 2.25. The van der Waals surface area contributed by atoms with E-state index in [4.69, 9.17) is 34.6 Å². The van der Waals surface area contributed by atoms with Gasteiger partial charge in [0, 0.05) is 25.7 Å². The zero-order valence-corrected chi connectivity index (χ0v) is 9.96. The van der Waals surface area contributed by atoms with Crippen molar-refractivity contribution in [3.8, 4) is 0 Å². The summed E-state index contributed by atoms with van der Waals surface area (Å²) in [6.45, 7) is 0.369. The first-order valence-corrected chi connectivity index (χ1v) is 6.52. The molecule has 0 rings (SSSR count). The molecule has 6 N–H and O–H groups in total. The molecule has 16 heavy (non-hydrogen) atoms. The Morgan fingerprint density at radius 1 is 0.875 bits per heavy atom. The molecule has 0 aliphatic rings. The van der Waals surface area contributed by atoms with Gasteiger partial charge in [0.05, 0.1) is 0 Å². The average Bonchev–Trinajstić information content (AvgIpc) is 2.16. The van der Waals surface area contributed by atoms with Crippen LogP contribution in [0.2, 0.25) is 0 Å². The molecule has 7 nitrogen and oxygen atoms in total. The minimum absolute atomic E-state index is 0.0358. The molecule has 0 aromatic rings. The zero-order valence-electron chi connectivity index (χ0n) is 9.07. The molecule has 0 saturated heterocycles. The van der Waals surface area contributed by atoms with Crippen LogP contribution in [-0.2, 0) is 4.57 Å². The molecule has 0 spiro atoms. The Balaban J connectivity index is 0. The SMILES string of the molecule is O=P(O)(O)O.OCCCCCC(CO)CO. The molecule has 0 bridgehead atoms. The van der Waals surface area contributed by atoms with Crippen molar-refractivity contribution < 1.29 is 34.6 Å². The summed E-state index contributed by atoms with van der Waals surface area (Å²) in [6, 6.07) is 0. The van der Waals surface area contributed by atoms with Crippen molar-refractivity contribution in [2.24, 2.45) is 5.92 Å². The van der Waals surface area contributed by atoms with Crippen molar-refractivity contribution in [3.63, 3.8) is 0 Å². The summed E-state index contributed by atoms with van der Waals surface area (Å²) in [6.07, 6.45) is 3.63. The van der Waals surface area contributed by atoms with Gasteiger partial charge in [0.15, 0.2) is 0 Å². The van der Waals surface area contributed by atoms with Gasteiger partial charge in [0.2, 0.25) is 0 Å². The first-order chi connectivity index (χ1) is 7.35. The quantitative estimate of drug-likeness (QED) is 0.260. The largest absolute Gasteiger partial charge is 0.466 e. The smallest absolute Gasteiger partial charge is 0.396 e. The lowest BCUT2D eigenvalue weighted by atomic mass is 10.0. The molecule has 0 atom stereocenters. The number of phosphoric acid groups is 1. The van der Waals surface area contributed by atoms with Gasteiger partial charge in [-0.1, -0.05) is 12.8 Å². The molecule has 0 heterocycles. The third-order valence-electron chi connectivity index (χ3n) is 1.79. The molecule has 0 saturated carbocycles. The topological polar surface area (TPSA) is 138 Å². The van der Waals surface area contributed by atoms with Crippen molar-refractivity contribution >= 4 is 7.82 Å². The molecule has 0 aromatic carbocycles. The molecule has 0 unspecified atom stereocenters. The van der Waals surface area contributed by atoms with E-state index in [9.17, 15) is 0 Å². The molecular weight excluding hydrogens is 239 g/mol. The second-order valence-electron chi connectivity index (χ2n) is 3.32. The van der Waals surface area contributed by atoms with E-state index >= 15 is 0 Å². The Morgan fingerprint density at radius 3 is 1.62 bits per heavy atom. The molecule has 0 amide bonds. The van der Waals surface area contributed by atoms with E-state index in [1.54, 1.807) is 0 Å². The van der Waals surface area contributed by atoms with Crippen LogP contribution in [0, 0.1) is 5.92 Å². The fourth-order valence-electron chi connectivity index (χ4n) is 0.962. The van der Waals surface area contributed by atoms with Crippen LogP contribution in [0.15, 0.2) is 0 Å². The van der Waals surface area contributed by atoms with E-state index in [-0.39, 0.29) is 25.7 Å². The molecule has 0 radical (unpaired) electrons. The van der Waals surface area contributed by atoms with Gasteiger partial charge in [-0.15, -0.1) is 0 Å². The minimum Gasteiger partial charge on any atom is -0.396 e. The molecule has 0 aromatic heterocycles. The van der Waals surface area contributed by atoms with Gasteiger partial charge in [-0.3, -0.25) is 0 Å². The number of hydrogen-bond donors (Lipinski definition) is 6. The number of unbranched alkanes of at least 4 members (excludes halogenated alkanes) is 2. The molecule has 0 aliphatic carbocycles. The predicted octanol–water partition coefficient (Wildman–Crippen LogP) is -0.789. The zero-order chi connectivity index (χ0) is 13.0. The van der Waals surface area contributed by atoms with E-state index < -0.39 is 7.82 Å². The van der Waals surface area contributed by atoms with Crippen LogP contribution in [0.1, 0.15) is 25.7 Å². The van der Waals surface area contributed by atoms with Crippen molar-refractivity contribution in [2.75, 3.05) is 19.8 Å². The van der Waals surface area contributed by atoms with Crippen LogP contribution in [0.25, 0.3) is 0 Å². The van der Waals surface area contributed by atoms with Gasteiger partial charge >= 0.3 is 7.82 Å². The highest BCUT2D eigenvalue weighted by Gasteiger charge is 2.03. The van der Waals surface area contributed by atoms with Gasteiger partial charge in [0.1, 0.15) is 0 Å². The lowest BCUT2D eigenvalue weighted by molar-refractivity contribution is 0.141. The fraction of sp³-hybridized carbons (Fsp3) is 1.00. The fourth-order valence-corrected chi connectivity index (χ4v) is 0.962. The lowest BCUT2D eigenvalue weighted by Crippen LogP contribution is -2.10. The maximum atomic E-state index is 8.88.